The SMILES string of the molecule is CC1=NN(c2ccccc2)C(=O)/C1=C\c1cc(C)n(-c2ccc(C34CC5CC(CC(C5)C3)C4)cc2)c1C. The summed E-state index contributed by atoms with van der Waals surface area (Å²) < 4.78 is 2.32. The fourth-order valence-corrected chi connectivity index (χ4v) is 8.34. The van der Waals surface area contributed by atoms with Crippen LogP contribution in [0.3, 0.4) is 0 Å². The highest BCUT2D eigenvalue weighted by Gasteiger charge is 2.51. The summed E-state index contributed by atoms with van der Waals surface area (Å²) in [5, 5.41) is 6.05. The number of hydrazone groups is 1. The Morgan fingerprint density at radius 3 is 2.08 bits per heavy atom. The molecule has 4 saturated carbocycles. The van der Waals surface area contributed by atoms with E-state index in [2.05, 4.69) is 53.8 Å². The summed E-state index contributed by atoms with van der Waals surface area (Å²) in [4.78, 5) is 13.2. The third kappa shape index (κ3) is 3.64. The predicted octanol–water partition coefficient (Wildman–Crippen LogP) is 7.37. The smallest absolute Gasteiger partial charge is 0.280 e. The van der Waals surface area contributed by atoms with E-state index in [1.165, 1.54) is 54.9 Å². The van der Waals surface area contributed by atoms with Crippen molar-refractivity contribution in [2.75, 3.05) is 5.01 Å². The van der Waals surface area contributed by atoms with Crippen LogP contribution in [0.1, 0.15) is 68.0 Å². The molecule has 1 amide bonds. The molecule has 0 spiro atoms. The fourth-order valence-electron chi connectivity index (χ4n) is 8.34. The van der Waals surface area contributed by atoms with Gasteiger partial charge in [0.05, 0.1) is 17.0 Å². The van der Waals surface area contributed by atoms with Gasteiger partial charge in [0.1, 0.15) is 0 Å². The molecule has 5 aliphatic rings. The number of aromatic nitrogens is 1. The summed E-state index contributed by atoms with van der Waals surface area (Å²) >= 11 is 0. The van der Waals surface area contributed by atoms with Gasteiger partial charge in [-0.1, -0.05) is 30.3 Å². The molecule has 188 valence electrons. The van der Waals surface area contributed by atoms with Crippen molar-refractivity contribution < 1.29 is 4.79 Å². The number of aryl methyl sites for hydroxylation is 1. The number of benzene rings is 2. The quantitative estimate of drug-likeness (QED) is 0.353. The second kappa shape index (κ2) is 8.31. The van der Waals surface area contributed by atoms with Crippen molar-refractivity contribution in [3.05, 3.63) is 88.8 Å². The van der Waals surface area contributed by atoms with Gasteiger partial charge in [0, 0.05) is 17.1 Å². The Labute approximate surface area is 219 Å². The summed E-state index contributed by atoms with van der Waals surface area (Å²) in [5.41, 5.74) is 8.76. The molecule has 4 heteroatoms. The van der Waals surface area contributed by atoms with Gasteiger partial charge in [-0.2, -0.15) is 10.1 Å². The first kappa shape index (κ1) is 22.8. The molecule has 0 unspecified atom stereocenters. The first-order chi connectivity index (χ1) is 17.9. The molecule has 0 N–H and O–H groups in total. The molecule has 2 aromatic carbocycles. The van der Waals surface area contributed by atoms with Crippen molar-refractivity contribution in [2.24, 2.45) is 22.9 Å². The van der Waals surface area contributed by atoms with E-state index >= 15 is 0 Å². The van der Waals surface area contributed by atoms with Gasteiger partial charge in [-0.25, -0.2) is 0 Å². The molecule has 4 aliphatic carbocycles. The van der Waals surface area contributed by atoms with Gasteiger partial charge in [-0.05, 0) is 130 Å². The molecule has 0 saturated heterocycles. The van der Waals surface area contributed by atoms with Crippen LogP contribution in [0.5, 0.6) is 0 Å². The minimum Gasteiger partial charge on any atom is -0.318 e. The average molecular weight is 490 g/mol. The lowest BCUT2D eigenvalue weighted by Gasteiger charge is -2.57. The molecular formula is C33H35N3O. The highest BCUT2D eigenvalue weighted by Crippen LogP contribution is 2.60. The molecule has 8 rings (SSSR count). The van der Waals surface area contributed by atoms with Gasteiger partial charge < -0.3 is 4.57 Å². The van der Waals surface area contributed by atoms with Crippen LogP contribution in [0, 0.1) is 31.6 Å². The van der Waals surface area contributed by atoms with Gasteiger partial charge in [0.25, 0.3) is 5.91 Å². The van der Waals surface area contributed by atoms with E-state index in [1.54, 1.807) is 5.56 Å². The molecule has 37 heavy (non-hydrogen) atoms. The van der Waals surface area contributed by atoms with Crippen molar-refractivity contribution in [2.45, 2.75) is 64.7 Å². The van der Waals surface area contributed by atoms with Crippen LogP contribution >= 0.6 is 0 Å². The number of hydrogen-bond acceptors (Lipinski definition) is 2. The van der Waals surface area contributed by atoms with Crippen LogP contribution < -0.4 is 5.01 Å². The van der Waals surface area contributed by atoms with E-state index in [-0.39, 0.29) is 5.91 Å². The van der Waals surface area contributed by atoms with Crippen molar-refractivity contribution >= 4 is 23.4 Å². The van der Waals surface area contributed by atoms with E-state index in [0.29, 0.717) is 11.0 Å². The van der Waals surface area contributed by atoms with Crippen molar-refractivity contribution in [3.8, 4) is 5.69 Å². The lowest BCUT2D eigenvalue weighted by atomic mass is 9.48. The van der Waals surface area contributed by atoms with E-state index in [1.807, 2.05) is 43.3 Å². The first-order valence-corrected chi connectivity index (χ1v) is 13.9. The van der Waals surface area contributed by atoms with Gasteiger partial charge in [-0.15, -0.1) is 0 Å². The van der Waals surface area contributed by atoms with E-state index < -0.39 is 0 Å². The van der Waals surface area contributed by atoms with E-state index in [0.717, 1.165) is 40.4 Å². The Morgan fingerprint density at radius 2 is 1.46 bits per heavy atom. The molecule has 2 heterocycles. The van der Waals surface area contributed by atoms with Gasteiger partial charge >= 0.3 is 0 Å². The number of anilines is 1. The zero-order valence-electron chi connectivity index (χ0n) is 22.1. The van der Waals surface area contributed by atoms with Crippen LogP contribution in [-0.2, 0) is 10.2 Å². The number of para-hydroxylation sites is 1. The first-order valence-electron chi connectivity index (χ1n) is 13.9. The monoisotopic (exact) mass is 489 g/mol. The molecule has 4 fully saturated rings. The summed E-state index contributed by atoms with van der Waals surface area (Å²) in [6, 6.07) is 21.3. The van der Waals surface area contributed by atoms with Gasteiger partial charge in [-0.3, -0.25) is 4.79 Å². The summed E-state index contributed by atoms with van der Waals surface area (Å²) in [5.74, 6) is 2.80. The lowest BCUT2D eigenvalue weighted by molar-refractivity contribution is -0.114. The molecule has 4 nitrogen and oxygen atoms in total. The predicted molar refractivity (Wildman–Crippen MR) is 150 cm³/mol. The van der Waals surface area contributed by atoms with Crippen molar-refractivity contribution in [3.63, 3.8) is 0 Å². The maximum absolute atomic E-state index is 13.2. The molecule has 1 aliphatic heterocycles. The Balaban J connectivity index is 1.18. The minimum atomic E-state index is -0.0755. The van der Waals surface area contributed by atoms with Gasteiger partial charge in [0.15, 0.2) is 0 Å². The fraction of sp³-hybridized carbons (Fsp3) is 0.394. The van der Waals surface area contributed by atoms with E-state index in [4.69, 9.17) is 0 Å². The van der Waals surface area contributed by atoms with Crippen LogP contribution in [-0.4, -0.2) is 16.2 Å². The van der Waals surface area contributed by atoms with Crippen molar-refractivity contribution in [1.29, 1.82) is 0 Å². The topological polar surface area (TPSA) is 37.6 Å². The van der Waals surface area contributed by atoms with Crippen LogP contribution in [0.15, 0.2) is 71.3 Å². The molecule has 4 bridgehead atoms. The lowest BCUT2D eigenvalue weighted by Crippen LogP contribution is -2.48. The Bertz CT molecular complexity index is 1410. The Hall–Kier alpha value is -3.40. The highest BCUT2D eigenvalue weighted by molar-refractivity contribution is 6.32. The third-order valence-electron chi connectivity index (χ3n) is 9.61. The average Bonchev–Trinajstić information content (AvgIpc) is 3.33. The maximum atomic E-state index is 13.2. The number of carbonyl (C=O) groups is 1. The zero-order valence-corrected chi connectivity index (χ0v) is 22.1. The number of nitrogens with zero attached hydrogens (tertiary/aromatic N) is 3. The molecule has 3 aromatic rings. The van der Waals surface area contributed by atoms with Crippen LogP contribution in [0.4, 0.5) is 5.69 Å². The second-order valence-electron chi connectivity index (χ2n) is 12.1. The third-order valence-corrected chi connectivity index (χ3v) is 9.61. The number of hydrogen-bond donors (Lipinski definition) is 0. The number of carbonyl (C=O) groups excluding carboxylic acids is 1. The van der Waals surface area contributed by atoms with Crippen LogP contribution in [0.2, 0.25) is 0 Å². The number of amides is 1. The highest BCUT2D eigenvalue weighted by atomic mass is 16.2. The molecule has 0 atom stereocenters. The van der Waals surface area contributed by atoms with Crippen molar-refractivity contribution in [1.82, 2.24) is 4.57 Å². The molecule has 0 radical (unpaired) electrons. The maximum Gasteiger partial charge on any atom is 0.280 e. The largest absolute Gasteiger partial charge is 0.318 e. The van der Waals surface area contributed by atoms with E-state index in [9.17, 15) is 4.79 Å². The number of rotatable bonds is 4. The van der Waals surface area contributed by atoms with Gasteiger partial charge in [0.2, 0.25) is 0 Å². The molecular weight excluding hydrogens is 454 g/mol. The Morgan fingerprint density at radius 1 is 0.838 bits per heavy atom. The Kier molecular flexibility index (Phi) is 5.11. The zero-order chi connectivity index (χ0) is 25.3. The normalized spacial score (nSPS) is 29.4. The molecule has 1 aromatic heterocycles. The minimum absolute atomic E-state index is 0.0755. The summed E-state index contributed by atoms with van der Waals surface area (Å²) in [6.07, 6.45) is 10.6. The summed E-state index contributed by atoms with van der Waals surface area (Å²) in [7, 11) is 0. The summed E-state index contributed by atoms with van der Waals surface area (Å²) in [6.45, 7) is 6.21. The standard InChI is InChI=1S/C33H35N3O/c1-21-13-27(17-31-22(2)34-36(32(31)37)30-7-5-4-6-8-30)23(3)35(21)29-11-9-28(10-12-29)33-18-24-14-25(19-33)16-26(15-24)20-33/h4-13,17,24-26H,14-16,18-20H2,1-3H3/b31-17-. The van der Waals surface area contributed by atoms with Crippen LogP contribution in [0.25, 0.3) is 11.8 Å². The second-order valence-corrected chi connectivity index (χ2v) is 12.1.